The van der Waals surface area contributed by atoms with Gasteiger partial charge in [-0.15, -0.1) is 0 Å². The number of aliphatic imine (C=N–C) groups is 1. The van der Waals surface area contributed by atoms with Gasteiger partial charge in [0.2, 0.25) is 0 Å². The zero-order valence-corrected chi connectivity index (χ0v) is 18.0. The Balaban J connectivity index is 1.57. The van der Waals surface area contributed by atoms with Gasteiger partial charge in [0.05, 0.1) is 19.3 Å². The molecule has 3 rings (SSSR count). The molecule has 0 spiro atoms. The first-order valence-electron chi connectivity index (χ1n) is 10.6. The summed E-state index contributed by atoms with van der Waals surface area (Å²) in [7, 11) is 6.19. The molecule has 2 aliphatic rings. The molecule has 2 heterocycles. The molecule has 156 valence electrons. The molecule has 0 aliphatic carbocycles. The van der Waals surface area contributed by atoms with Crippen LogP contribution in [0.1, 0.15) is 30.5 Å². The smallest absolute Gasteiger partial charge is 0.193 e. The standard InChI is InChI=1S/C22H37N5O/c1-5-18-6-8-19(9-7-18)21(25(3)4)16-24-22(23-2)27-11-10-20(17-27)26-12-14-28-15-13-26/h6-9,20-21H,5,10-17H2,1-4H3,(H,23,24). The summed E-state index contributed by atoms with van der Waals surface area (Å²) in [6.07, 6.45) is 2.29. The first-order valence-corrected chi connectivity index (χ1v) is 10.6. The third-order valence-corrected chi connectivity index (χ3v) is 6.09. The molecule has 0 aromatic heterocycles. The van der Waals surface area contributed by atoms with Crippen molar-refractivity contribution in [2.75, 3.05) is 67.1 Å². The van der Waals surface area contributed by atoms with Crippen molar-refractivity contribution in [3.05, 3.63) is 35.4 Å². The maximum absolute atomic E-state index is 5.50. The number of morpholine rings is 1. The molecule has 0 radical (unpaired) electrons. The summed E-state index contributed by atoms with van der Waals surface area (Å²) in [5.74, 6) is 1.02. The number of nitrogens with zero attached hydrogens (tertiary/aromatic N) is 4. The highest BCUT2D eigenvalue weighted by atomic mass is 16.5. The van der Waals surface area contributed by atoms with Crippen LogP contribution >= 0.6 is 0 Å². The fraction of sp³-hybridized carbons (Fsp3) is 0.682. The van der Waals surface area contributed by atoms with Crippen LogP contribution < -0.4 is 5.32 Å². The van der Waals surface area contributed by atoms with Crippen LogP contribution in [0.5, 0.6) is 0 Å². The highest BCUT2D eigenvalue weighted by Crippen LogP contribution is 2.20. The third-order valence-electron chi connectivity index (χ3n) is 6.09. The molecule has 6 nitrogen and oxygen atoms in total. The number of likely N-dealkylation sites (tertiary alicyclic amines) is 1. The van der Waals surface area contributed by atoms with E-state index in [1.54, 1.807) is 0 Å². The average molecular weight is 388 g/mol. The number of aryl methyl sites for hydroxylation is 1. The van der Waals surface area contributed by atoms with Crippen LogP contribution in [0.4, 0.5) is 0 Å². The van der Waals surface area contributed by atoms with E-state index in [0.29, 0.717) is 12.1 Å². The van der Waals surface area contributed by atoms with Gasteiger partial charge in [-0.1, -0.05) is 31.2 Å². The molecule has 0 saturated carbocycles. The Hall–Kier alpha value is -1.63. The van der Waals surface area contributed by atoms with Crippen LogP contribution in [-0.4, -0.2) is 93.8 Å². The van der Waals surface area contributed by atoms with Gasteiger partial charge in [0.1, 0.15) is 0 Å². The maximum atomic E-state index is 5.50. The SMILES string of the molecule is CCc1ccc(C(CNC(=NC)N2CCC(N3CCOCC3)C2)N(C)C)cc1. The first-order chi connectivity index (χ1) is 13.6. The second-order valence-corrected chi connectivity index (χ2v) is 8.04. The molecule has 2 atom stereocenters. The Kier molecular flexibility index (Phi) is 7.71. The number of hydrogen-bond acceptors (Lipinski definition) is 4. The monoisotopic (exact) mass is 387 g/mol. The Bertz CT molecular complexity index is 624. The van der Waals surface area contributed by atoms with Gasteiger partial charge in [-0.25, -0.2) is 0 Å². The molecular formula is C22H37N5O. The Morgan fingerprint density at radius 1 is 1.21 bits per heavy atom. The molecule has 1 aromatic rings. The van der Waals surface area contributed by atoms with Crippen molar-refractivity contribution in [1.29, 1.82) is 0 Å². The van der Waals surface area contributed by atoms with Crippen molar-refractivity contribution in [1.82, 2.24) is 20.0 Å². The van der Waals surface area contributed by atoms with Crippen LogP contribution in [0.2, 0.25) is 0 Å². The molecule has 0 amide bonds. The van der Waals surface area contributed by atoms with Crippen molar-refractivity contribution in [3.63, 3.8) is 0 Å². The Morgan fingerprint density at radius 2 is 1.93 bits per heavy atom. The molecule has 2 fully saturated rings. The molecule has 2 aliphatic heterocycles. The van der Waals surface area contributed by atoms with E-state index < -0.39 is 0 Å². The fourth-order valence-corrected chi connectivity index (χ4v) is 4.27. The van der Waals surface area contributed by atoms with Gasteiger partial charge in [0.15, 0.2) is 5.96 Å². The van der Waals surface area contributed by atoms with E-state index in [-0.39, 0.29) is 0 Å². The summed E-state index contributed by atoms with van der Waals surface area (Å²) in [5.41, 5.74) is 2.73. The van der Waals surface area contributed by atoms with E-state index in [1.807, 2.05) is 7.05 Å². The molecule has 1 aromatic carbocycles. The lowest BCUT2D eigenvalue weighted by atomic mass is 10.0. The lowest BCUT2D eigenvalue weighted by Crippen LogP contribution is -2.47. The zero-order chi connectivity index (χ0) is 19.9. The van der Waals surface area contributed by atoms with Gasteiger partial charge in [-0.05, 0) is 38.1 Å². The van der Waals surface area contributed by atoms with Gasteiger partial charge in [0, 0.05) is 45.8 Å². The van der Waals surface area contributed by atoms with E-state index in [0.717, 1.165) is 58.3 Å². The summed E-state index contributed by atoms with van der Waals surface area (Å²) < 4.78 is 5.50. The van der Waals surface area contributed by atoms with Crippen molar-refractivity contribution in [2.24, 2.45) is 4.99 Å². The molecule has 1 N–H and O–H groups in total. The molecule has 28 heavy (non-hydrogen) atoms. The predicted molar refractivity (Wildman–Crippen MR) is 116 cm³/mol. The van der Waals surface area contributed by atoms with E-state index in [2.05, 4.69) is 70.3 Å². The van der Waals surface area contributed by atoms with E-state index in [1.165, 1.54) is 17.5 Å². The van der Waals surface area contributed by atoms with E-state index in [4.69, 9.17) is 4.74 Å². The minimum atomic E-state index is 0.320. The van der Waals surface area contributed by atoms with Crippen molar-refractivity contribution < 1.29 is 4.74 Å². The van der Waals surface area contributed by atoms with Gasteiger partial charge in [0.25, 0.3) is 0 Å². The lowest BCUT2D eigenvalue weighted by Gasteiger charge is -2.32. The van der Waals surface area contributed by atoms with E-state index >= 15 is 0 Å². The minimum absolute atomic E-state index is 0.320. The normalized spacial score (nSPS) is 22.7. The molecule has 2 unspecified atom stereocenters. The largest absolute Gasteiger partial charge is 0.379 e. The number of guanidine groups is 1. The molecular weight excluding hydrogens is 350 g/mol. The number of likely N-dealkylation sites (N-methyl/N-ethyl adjacent to an activating group) is 1. The van der Waals surface area contributed by atoms with Crippen molar-refractivity contribution in [2.45, 2.75) is 31.8 Å². The van der Waals surface area contributed by atoms with Crippen LogP contribution in [-0.2, 0) is 11.2 Å². The predicted octanol–water partition coefficient (Wildman–Crippen LogP) is 1.83. The van der Waals surface area contributed by atoms with Gasteiger partial charge < -0.3 is 19.9 Å². The first kappa shape index (κ1) is 21.1. The molecule has 0 bridgehead atoms. The third kappa shape index (κ3) is 5.25. The number of ether oxygens (including phenoxy) is 1. The number of benzene rings is 1. The fourth-order valence-electron chi connectivity index (χ4n) is 4.27. The van der Waals surface area contributed by atoms with Gasteiger partial charge in [-0.2, -0.15) is 0 Å². The van der Waals surface area contributed by atoms with E-state index in [9.17, 15) is 0 Å². The summed E-state index contributed by atoms with van der Waals surface area (Å²) in [4.78, 5) is 11.8. The van der Waals surface area contributed by atoms with Crippen molar-refractivity contribution in [3.8, 4) is 0 Å². The maximum Gasteiger partial charge on any atom is 0.193 e. The summed E-state index contributed by atoms with van der Waals surface area (Å²) in [6, 6.07) is 9.95. The highest BCUT2D eigenvalue weighted by molar-refractivity contribution is 5.80. The Morgan fingerprint density at radius 3 is 2.54 bits per heavy atom. The van der Waals surface area contributed by atoms with Crippen molar-refractivity contribution >= 4 is 5.96 Å². The lowest BCUT2D eigenvalue weighted by molar-refractivity contribution is 0.0195. The second kappa shape index (κ2) is 10.2. The van der Waals surface area contributed by atoms with Gasteiger partial charge in [-0.3, -0.25) is 9.89 Å². The quantitative estimate of drug-likeness (QED) is 0.596. The number of rotatable bonds is 6. The number of nitrogens with one attached hydrogen (secondary N) is 1. The summed E-state index contributed by atoms with van der Waals surface area (Å²) in [5, 5.41) is 3.63. The zero-order valence-electron chi connectivity index (χ0n) is 18.0. The summed E-state index contributed by atoms with van der Waals surface area (Å²) >= 11 is 0. The molecule has 6 heteroatoms. The second-order valence-electron chi connectivity index (χ2n) is 8.04. The molecule has 2 saturated heterocycles. The number of hydrogen-bond donors (Lipinski definition) is 1. The minimum Gasteiger partial charge on any atom is -0.379 e. The Labute approximate surface area is 170 Å². The van der Waals surface area contributed by atoms with Crippen LogP contribution in [0.3, 0.4) is 0 Å². The van der Waals surface area contributed by atoms with Crippen LogP contribution in [0.15, 0.2) is 29.3 Å². The topological polar surface area (TPSA) is 43.3 Å². The highest BCUT2D eigenvalue weighted by Gasteiger charge is 2.30. The summed E-state index contributed by atoms with van der Waals surface area (Å²) in [6.45, 7) is 9.02. The van der Waals surface area contributed by atoms with Crippen LogP contribution in [0, 0.1) is 0 Å². The average Bonchev–Trinajstić information content (AvgIpc) is 3.22. The van der Waals surface area contributed by atoms with Crippen LogP contribution in [0.25, 0.3) is 0 Å². The van der Waals surface area contributed by atoms with Gasteiger partial charge >= 0.3 is 0 Å².